The molecule has 7 rings (SSSR count). The zero-order valence-corrected chi connectivity index (χ0v) is 21.5. The molecule has 1 N–H and O–H groups in total. The van der Waals surface area contributed by atoms with Crippen LogP contribution >= 0.6 is 15.9 Å². The van der Waals surface area contributed by atoms with Crippen LogP contribution in [0.1, 0.15) is 38.5 Å². The molecule has 3 aromatic rings. The summed E-state index contributed by atoms with van der Waals surface area (Å²) in [6, 6.07) is 9.76. The van der Waals surface area contributed by atoms with E-state index in [-0.39, 0.29) is 18.9 Å². The molecule has 6 nitrogen and oxygen atoms in total. The van der Waals surface area contributed by atoms with Crippen LogP contribution in [0.5, 0.6) is 5.75 Å². The zero-order chi connectivity index (χ0) is 24.5. The Labute approximate surface area is 217 Å². The summed E-state index contributed by atoms with van der Waals surface area (Å²) >= 11 is 3.68. The molecule has 0 bridgehead atoms. The van der Waals surface area contributed by atoms with Crippen LogP contribution in [0, 0.1) is 5.41 Å². The second-order valence-electron chi connectivity index (χ2n) is 10.8. The van der Waals surface area contributed by atoms with Crippen LogP contribution in [0.25, 0.3) is 10.9 Å². The van der Waals surface area contributed by atoms with Crippen LogP contribution in [0.4, 0.5) is 31.7 Å². The number of hydrogen-bond acceptors (Lipinski definition) is 6. The number of fused-ring (bicyclic) bond motifs is 4. The molecule has 1 spiro atoms. The summed E-state index contributed by atoms with van der Waals surface area (Å²) in [5.41, 5.74) is 4.32. The Balaban J connectivity index is 1.23. The molecule has 9 heteroatoms. The second kappa shape index (κ2) is 8.16. The molecule has 1 atom stereocenters. The number of nitrogens with zero attached hydrogens (tertiary/aromatic N) is 4. The summed E-state index contributed by atoms with van der Waals surface area (Å²) in [7, 11) is 0. The Hall–Kier alpha value is -2.68. The fourth-order valence-corrected chi connectivity index (χ4v) is 6.57. The summed E-state index contributed by atoms with van der Waals surface area (Å²) < 4.78 is 34.9. The number of hydrogen-bond donors (Lipinski definition) is 1. The van der Waals surface area contributed by atoms with Gasteiger partial charge in [-0.2, -0.15) is 0 Å². The normalized spacial score (nSPS) is 23.7. The first-order valence-corrected chi connectivity index (χ1v) is 13.6. The van der Waals surface area contributed by atoms with Gasteiger partial charge in [0.05, 0.1) is 28.3 Å². The number of benzene rings is 2. The van der Waals surface area contributed by atoms with Crippen molar-refractivity contribution in [1.29, 1.82) is 0 Å². The monoisotopic (exact) mass is 555 g/mol. The standard InChI is InChI=1S/C27H28BrF2N5O/c28-17-11-20-24(22(12-17)34-8-5-26(3-4-26)6-9-34)25(32-16-31-20)33-18-1-2-23-21(13-18)35-10-7-27(29,30)14-19(35)15-36-23/h1-2,11-13,16,19H,3-10,14-15H2,(H,31,32,33). The molecule has 0 amide bonds. The topological polar surface area (TPSA) is 53.5 Å². The molecular weight excluding hydrogens is 528 g/mol. The molecule has 1 unspecified atom stereocenters. The Morgan fingerprint density at radius 3 is 2.61 bits per heavy atom. The first kappa shape index (κ1) is 22.5. The van der Waals surface area contributed by atoms with E-state index in [0.717, 1.165) is 57.1 Å². The molecule has 0 radical (unpaired) electrons. The van der Waals surface area contributed by atoms with Crippen LogP contribution < -0.4 is 19.9 Å². The smallest absolute Gasteiger partial charge is 0.251 e. The number of piperidine rings is 2. The highest BCUT2D eigenvalue weighted by atomic mass is 79.9. The summed E-state index contributed by atoms with van der Waals surface area (Å²) in [4.78, 5) is 13.7. The van der Waals surface area contributed by atoms with E-state index in [0.29, 0.717) is 18.6 Å². The van der Waals surface area contributed by atoms with E-state index in [1.807, 2.05) is 24.3 Å². The van der Waals surface area contributed by atoms with Crippen molar-refractivity contribution < 1.29 is 13.5 Å². The largest absolute Gasteiger partial charge is 0.489 e. The lowest BCUT2D eigenvalue weighted by Crippen LogP contribution is -2.51. The van der Waals surface area contributed by atoms with Gasteiger partial charge in [0.1, 0.15) is 24.5 Å². The van der Waals surface area contributed by atoms with Crippen molar-refractivity contribution in [2.45, 2.75) is 50.5 Å². The summed E-state index contributed by atoms with van der Waals surface area (Å²) in [6.07, 6.45) is 6.49. The summed E-state index contributed by atoms with van der Waals surface area (Å²) in [5.74, 6) is -1.15. The van der Waals surface area contributed by atoms with Gasteiger partial charge >= 0.3 is 0 Å². The Bertz CT molecular complexity index is 1340. The number of aromatic nitrogens is 2. The highest BCUT2D eigenvalue weighted by Gasteiger charge is 2.45. The van der Waals surface area contributed by atoms with Gasteiger partial charge in [-0.05, 0) is 61.4 Å². The molecule has 1 aliphatic carbocycles. The summed E-state index contributed by atoms with van der Waals surface area (Å²) in [5, 5.41) is 4.51. The maximum Gasteiger partial charge on any atom is 0.251 e. The van der Waals surface area contributed by atoms with E-state index in [9.17, 15) is 8.78 Å². The number of alkyl halides is 2. The molecule has 3 fully saturated rings. The van der Waals surface area contributed by atoms with Crippen LogP contribution in [0.15, 0.2) is 41.1 Å². The molecule has 2 aromatic carbocycles. The second-order valence-corrected chi connectivity index (χ2v) is 11.7. The quantitative estimate of drug-likeness (QED) is 0.397. The molecule has 2 saturated heterocycles. The van der Waals surface area contributed by atoms with Gasteiger partial charge in [0.2, 0.25) is 0 Å². The zero-order valence-electron chi connectivity index (χ0n) is 19.9. The average molecular weight is 556 g/mol. The lowest BCUT2D eigenvalue weighted by Gasteiger charge is -2.44. The Kier molecular flexibility index (Phi) is 5.10. The van der Waals surface area contributed by atoms with E-state index in [4.69, 9.17) is 4.74 Å². The molecule has 3 aliphatic heterocycles. The van der Waals surface area contributed by atoms with E-state index >= 15 is 0 Å². The van der Waals surface area contributed by atoms with Crippen LogP contribution in [0.3, 0.4) is 0 Å². The third-order valence-electron chi connectivity index (χ3n) is 8.46. The van der Waals surface area contributed by atoms with Crippen molar-refractivity contribution in [3.05, 3.63) is 41.1 Å². The number of rotatable bonds is 3. The maximum absolute atomic E-state index is 14.0. The lowest BCUT2D eigenvalue weighted by molar-refractivity contribution is -0.0400. The first-order valence-electron chi connectivity index (χ1n) is 12.8. The minimum Gasteiger partial charge on any atom is -0.489 e. The molecule has 4 aliphatic rings. The highest BCUT2D eigenvalue weighted by Crippen LogP contribution is 2.54. The van der Waals surface area contributed by atoms with Gasteiger partial charge < -0.3 is 19.9 Å². The lowest BCUT2D eigenvalue weighted by atomic mass is 9.93. The third kappa shape index (κ3) is 3.96. The third-order valence-corrected chi connectivity index (χ3v) is 8.92. The van der Waals surface area contributed by atoms with E-state index in [1.54, 1.807) is 6.33 Å². The number of ether oxygens (including phenoxy) is 1. The van der Waals surface area contributed by atoms with Crippen molar-refractivity contribution in [1.82, 2.24) is 9.97 Å². The highest BCUT2D eigenvalue weighted by molar-refractivity contribution is 9.10. The van der Waals surface area contributed by atoms with Gasteiger partial charge in [0.15, 0.2) is 0 Å². The van der Waals surface area contributed by atoms with Gasteiger partial charge in [0, 0.05) is 42.6 Å². The van der Waals surface area contributed by atoms with Gasteiger partial charge in [-0.25, -0.2) is 18.7 Å². The van der Waals surface area contributed by atoms with Crippen molar-refractivity contribution in [2.24, 2.45) is 5.41 Å². The number of halogens is 3. The minimum atomic E-state index is -2.63. The van der Waals surface area contributed by atoms with E-state index < -0.39 is 5.92 Å². The minimum absolute atomic E-state index is 0.132. The van der Waals surface area contributed by atoms with Crippen LogP contribution in [-0.2, 0) is 0 Å². The average Bonchev–Trinajstić information content (AvgIpc) is 3.61. The van der Waals surface area contributed by atoms with Crippen molar-refractivity contribution in [3.63, 3.8) is 0 Å². The first-order chi connectivity index (χ1) is 17.4. The molecule has 1 aromatic heterocycles. The molecule has 4 heterocycles. The van der Waals surface area contributed by atoms with Gasteiger partial charge in [-0.3, -0.25) is 0 Å². The predicted molar refractivity (Wildman–Crippen MR) is 141 cm³/mol. The SMILES string of the molecule is FC1(F)CCN2c3cc(Nc4ncnc5cc(Br)cc(N6CCC7(CC6)CC7)c45)ccc3OCC2C1. The predicted octanol–water partition coefficient (Wildman–Crippen LogP) is 6.51. The molecule has 1 saturated carbocycles. The molecule has 188 valence electrons. The van der Waals surface area contributed by atoms with Gasteiger partial charge in [-0.15, -0.1) is 0 Å². The summed E-state index contributed by atoms with van der Waals surface area (Å²) in [6.45, 7) is 2.69. The number of anilines is 4. The van der Waals surface area contributed by atoms with E-state index in [2.05, 4.69) is 47.1 Å². The molecule has 36 heavy (non-hydrogen) atoms. The van der Waals surface area contributed by atoms with Crippen molar-refractivity contribution in [3.8, 4) is 5.75 Å². The van der Waals surface area contributed by atoms with Crippen molar-refractivity contribution in [2.75, 3.05) is 41.4 Å². The molecular formula is C27H28BrF2N5O. The number of nitrogens with one attached hydrogen (secondary N) is 1. The van der Waals surface area contributed by atoms with Gasteiger partial charge in [0.25, 0.3) is 5.92 Å². The van der Waals surface area contributed by atoms with Crippen LogP contribution in [-0.4, -0.2) is 48.2 Å². The Morgan fingerprint density at radius 1 is 0.972 bits per heavy atom. The maximum atomic E-state index is 14.0. The Morgan fingerprint density at radius 2 is 1.81 bits per heavy atom. The van der Waals surface area contributed by atoms with Gasteiger partial charge in [-0.1, -0.05) is 15.9 Å². The fourth-order valence-electron chi connectivity index (χ4n) is 6.13. The van der Waals surface area contributed by atoms with E-state index in [1.165, 1.54) is 25.7 Å². The van der Waals surface area contributed by atoms with Crippen molar-refractivity contribution >= 4 is 49.7 Å². The fraction of sp³-hybridized carbons (Fsp3) is 0.481. The van der Waals surface area contributed by atoms with Crippen LogP contribution in [0.2, 0.25) is 0 Å².